The lowest BCUT2D eigenvalue weighted by Gasteiger charge is -2.45. The molecule has 2 aromatic heterocycles. The van der Waals surface area contributed by atoms with E-state index in [0.29, 0.717) is 51.5 Å². The van der Waals surface area contributed by atoms with Gasteiger partial charge in [-0.3, -0.25) is 24.5 Å². The normalized spacial score (nSPS) is 22.3. The second kappa shape index (κ2) is 19.9. The zero-order valence-electron chi connectivity index (χ0n) is 39.3. The van der Waals surface area contributed by atoms with Crippen molar-refractivity contribution < 1.29 is 38.8 Å². The minimum absolute atomic E-state index is 0.0164. The molecule has 0 bridgehead atoms. The van der Waals surface area contributed by atoms with Crippen molar-refractivity contribution in [1.82, 2.24) is 30.2 Å². The van der Waals surface area contributed by atoms with E-state index in [-0.39, 0.29) is 19.1 Å². The molecule has 6 heterocycles. The van der Waals surface area contributed by atoms with Gasteiger partial charge in [0, 0.05) is 94.1 Å². The Morgan fingerprint density at radius 2 is 1.77 bits per heavy atom. The van der Waals surface area contributed by atoms with E-state index in [4.69, 9.17) is 19.2 Å². The van der Waals surface area contributed by atoms with Crippen LogP contribution in [0.15, 0.2) is 30.5 Å². The number of aliphatic hydroxyl groups excluding tert-OH is 1. The molecule has 4 saturated heterocycles. The lowest BCUT2D eigenvalue weighted by Crippen LogP contribution is -2.61. The first-order valence-electron chi connectivity index (χ1n) is 23.4. The van der Waals surface area contributed by atoms with Crippen LogP contribution in [0.2, 0.25) is 0 Å². The van der Waals surface area contributed by atoms with Crippen LogP contribution in [0.4, 0.5) is 16.2 Å². The molecule has 0 saturated carbocycles. The Bertz CT molecular complexity index is 2140. The van der Waals surface area contributed by atoms with E-state index in [1.54, 1.807) is 27.9 Å². The number of anilines is 2. The minimum Gasteiger partial charge on any atom is -0.480 e. The van der Waals surface area contributed by atoms with E-state index < -0.39 is 47.2 Å². The quantitative estimate of drug-likeness (QED) is 0.155. The van der Waals surface area contributed by atoms with Crippen molar-refractivity contribution in [3.8, 4) is 11.3 Å². The number of piperidine rings is 1. The number of aliphatic carboxylic acids is 1. The van der Waals surface area contributed by atoms with Crippen LogP contribution in [0, 0.1) is 5.41 Å². The number of methoxy groups -OCH3 is 1. The molecule has 4 N–H and O–H groups in total. The number of carbonyl (C=O) groups excluding carboxylic acids is 2. The maximum Gasteiger partial charge on any atom is 0.408 e. The number of carboxylic acid groups (broad SMARTS) is 1. The number of hydrogen-bond donors (Lipinski definition) is 4. The third-order valence-corrected chi connectivity index (χ3v) is 13.4. The van der Waals surface area contributed by atoms with Gasteiger partial charge in [-0.1, -0.05) is 20.3 Å². The molecule has 0 radical (unpaired) electrons. The zero-order valence-corrected chi connectivity index (χ0v) is 39.3. The number of carbonyl (C=O) groups is 3. The molecule has 16 heteroatoms. The van der Waals surface area contributed by atoms with Gasteiger partial charge in [-0.2, -0.15) is 0 Å². The Kier molecular flexibility index (Phi) is 14.8. The van der Waals surface area contributed by atoms with E-state index in [9.17, 15) is 24.6 Å². The molecule has 3 aromatic rings. The first-order valence-corrected chi connectivity index (χ1v) is 23.4. The molecule has 5 atom stereocenters. The number of hydrazine groups is 1. The standard InChI is InChI=1S/C48H72N8O8/c1-9-55-41-16-15-32(54-21-22-63-35(29-54)25-40(50-46(61)64-47(3,4)5)44(58)56-18-12-14-39(51-56)45(59)60)23-36(41)38(26-48(6,7)30-57)43(55)37-24-34(27-49-42(37)31(2)62-8)53-20-19-52-17-11-10-13-33(52)28-53/h15-16,23-24,27,31,33,35,39-40,51,57H,9-14,17-22,25-26,28-30H2,1-8H3,(H,50,61)(H,59,60)/t31-,33+,35-,39-,40-/m0/s1. The number of piperazine rings is 1. The molecule has 4 aliphatic heterocycles. The zero-order chi connectivity index (χ0) is 45.9. The lowest BCUT2D eigenvalue weighted by atomic mass is 9.84. The van der Waals surface area contributed by atoms with Crippen molar-refractivity contribution in [3.05, 3.63) is 41.7 Å². The first kappa shape index (κ1) is 47.5. The number of nitrogens with one attached hydrogen (secondary N) is 2. The van der Waals surface area contributed by atoms with Gasteiger partial charge in [-0.15, -0.1) is 0 Å². The number of fused-ring (bicyclic) bond motifs is 2. The third kappa shape index (κ3) is 10.8. The van der Waals surface area contributed by atoms with Gasteiger partial charge in [0.25, 0.3) is 5.91 Å². The number of carboxylic acids is 1. The number of rotatable bonds is 14. The van der Waals surface area contributed by atoms with Crippen LogP contribution in [0.3, 0.4) is 0 Å². The van der Waals surface area contributed by atoms with E-state index in [0.717, 1.165) is 71.0 Å². The summed E-state index contributed by atoms with van der Waals surface area (Å²) >= 11 is 0. The molecular weight excluding hydrogens is 817 g/mol. The van der Waals surface area contributed by atoms with Gasteiger partial charge in [0.05, 0.1) is 42.1 Å². The molecule has 0 unspecified atom stereocenters. The lowest BCUT2D eigenvalue weighted by molar-refractivity contribution is -0.148. The van der Waals surface area contributed by atoms with Crippen LogP contribution in [0.25, 0.3) is 22.2 Å². The summed E-state index contributed by atoms with van der Waals surface area (Å²) in [6, 6.07) is 7.52. The number of morpholine rings is 1. The van der Waals surface area contributed by atoms with Crippen molar-refractivity contribution in [2.24, 2.45) is 5.41 Å². The summed E-state index contributed by atoms with van der Waals surface area (Å²) in [4.78, 5) is 51.6. The maximum atomic E-state index is 14.0. The number of alkyl carbamates (subject to hydrolysis) is 1. The van der Waals surface area contributed by atoms with Crippen molar-refractivity contribution >= 4 is 40.2 Å². The number of hydrogen-bond acceptors (Lipinski definition) is 12. The summed E-state index contributed by atoms with van der Waals surface area (Å²) in [7, 11) is 1.73. The number of amides is 2. The molecule has 0 aliphatic carbocycles. The highest BCUT2D eigenvalue weighted by atomic mass is 16.6. The minimum atomic E-state index is -1.04. The second-order valence-corrected chi connectivity index (χ2v) is 19.9. The SMILES string of the molecule is CCn1c(-c2cc(N3CCN4CCCC[C@@H]4C3)cnc2[C@H](C)OC)c(CC(C)(C)CO)c2cc(N3CCO[C@@H](C[C@H](NC(=O)OC(C)(C)C)C(=O)N4CCC[C@@H](C(=O)O)N4)C3)ccc21. The Labute approximate surface area is 378 Å². The first-order chi connectivity index (χ1) is 30.5. The molecule has 2 amide bonds. The van der Waals surface area contributed by atoms with Crippen LogP contribution in [0.1, 0.15) is 104 Å². The highest BCUT2D eigenvalue weighted by molar-refractivity contribution is 5.95. The summed E-state index contributed by atoms with van der Waals surface area (Å²) in [5.41, 5.74) is 8.98. The topological polar surface area (TPSA) is 174 Å². The van der Waals surface area contributed by atoms with Gasteiger partial charge >= 0.3 is 12.1 Å². The molecule has 7 rings (SSSR count). The van der Waals surface area contributed by atoms with Crippen molar-refractivity contribution in [1.29, 1.82) is 0 Å². The number of aromatic nitrogens is 2. The Hall–Kier alpha value is -4.48. The fraction of sp³-hybridized carbons (Fsp3) is 0.667. The highest BCUT2D eigenvalue weighted by Crippen LogP contribution is 2.43. The van der Waals surface area contributed by atoms with Crippen molar-refractivity contribution in [2.75, 3.05) is 75.9 Å². The van der Waals surface area contributed by atoms with E-state index in [2.05, 4.69) is 75.0 Å². The van der Waals surface area contributed by atoms with Crippen LogP contribution in [0.5, 0.6) is 0 Å². The van der Waals surface area contributed by atoms with Gasteiger partial charge in [-0.05, 0) is 109 Å². The van der Waals surface area contributed by atoms with Crippen LogP contribution in [-0.2, 0) is 36.8 Å². The van der Waals surface area contributed by atoms with Gasteiger partial charge in [0.2, 0.25) is 0 Å². The summed E-state index contributed by atoms with van der Waals surface area (Å²) in [5, 5.41) is 25.6. The number of aryl methyl sites for hydroxylation is 1. The van der Waals surface area contributed by atoms with Gasteiger partial charge in [0.15, 0.2) is 0 Å². The predicted molar refractivity (Wildman–Crippen MR) is 247 cm³/mol. The van der Waals surface area contributed by atoms with Crippen molar-refractivity contribution in [2.45, 2.75) is 136 Å². The Morgan fingerprint density at radius 1 is 0.984 bits per heavy atom. The Morgan fingerprint density at radius 3 is 2.48 bits per heavy atom. The average molecular weight is 889 g/mol. The molecule has 0 spiro atoms. The second-order valence-electron chi connectivity index (χ2n) is 19.9. The van der Waals surface area contributed by atoms with Gasteiger partial charge < -0.3 is 44.1 Å². The molecule has 4 fully saturated rings. The fourth-order valence-electron chi connectivity index (χ4n) is 9.95. The van der Waals surface area contributed by atoms with E-state index in [1.165, 1.54) is 30.8 Å². The number of ether oxygens (including phenoxy) is 3. The summed E-state index contributed by atoms with van der Waals surface area (Å²) < 4.78 is 20.2. The average Bonchev–Trinajstić information content (AvgIpc) is 3.58. The maximum absolute atomic E-state index is 14.0. The van der Waals surface area contributed by atoms with E-state index in [1.807, 2.05) is 13.1 Å². The number of pyridine rings is 1. The summed E-state index contributed by atoms with van der Waals surface area (Å²) in [5.74, 6) is -1.48. The third-order valence-electron chi connectivity index (χ3n) is 13.4. The number of nitrogens with zero attached hydrogens (tertiary/aromatic N) is 6. The molecule has 64 heavy (non-hydrogen) atoms. The number of benzene rings is 1. The van der Waals surface area contributed by atoms with Gasteiger partial charge in [-0.25, -0.2) is 10.2 Å². The number of aliphatic hydroxyl groups is 1. The van der Waals surface area contributed by atoms with Gasteiger partial charge in [0.1, 0.15) is 17.7 Å². The van der Waals surface area contributed by atoms with Crippen LogP contribution in [-0.4, -0.2) is 144 Å². The van der Waals surface area contributed by atoms with Crippen LogP contribution >= 0.6 is 0 Å². The highest BCUT2D eigenvalue weighted by Gasteiger charge is 2.37. The summed E-state index contributed by atoms with van der Waals surface area (Å²) in [6.07, 6.45) is 6.03. The predicted octanol–water partition coefficient (Wildman–Crippen LogP) is 5.73. The molecular formula is C48H72N8O8. The smallest absolute Gasteiger partial charge is 0.408 e. The molecule has 1 aromatic carbocycles. The fourth-order valence-corrected chi connectivity index (χ4v) is 9.95. The summed E-state index contributed by atoms with van der Waals surface area (Å²) in [6.45, 7) is 20.4. The monoisotopic (exact) mass is 889 g/mol. The molecule has 352 valence electrons. The largest absolute Gasteiger partial charge is 0.480 e. The van der Waals surface area contributed by atoms with Crippen LogP contribution < -0.4 is 20.5 Å². The van der Waals surface area contributed by atoms with Crippen molar-refractivity contribution in [3.63, 3.8) is 0 Å². The Balaban J connectivity index is 1.23. The van der Waals surface area contributed by atoms with E-state index >= 15 is 0 Å². The molecule has 16 nitrogen and oxygen atoms in total. The molecule has 4 aliphatic rings.